The molecule has 0 bridgehead atoms. The van der Waals surface area contributed by atoms with Crippen LogP contribution < -0.4 is 0 Å². The minimum absolute atomic E-state index is 0.0974. The molecule has 0 spiro atoms. The second-order valence-electron chi connectivity index (χ2n) is 2.46. The normalized spacial score (nSPS) is 9.92. The Kier molecular flexibility index (Phi) is 4.12. The molecule has 2 nitrogen and oxygen atoms in total. The lowest BCUT2D eigenvalue weighted by atomic mass is 10.2. The van der Waals surface area contributed by atoms with Crippen LogP contribution in [0, 0.1) is 0 Å². The van der Waals surface area contributed by atoms with Gasteiger partial charge in [-0.2, -0.15) is 0 Å². The van der Waals surface area contributed by atoms with Crippen LogP contribution in [0.2, 0.25) is 0 Å². The van der Waals surface area contributed by atoms with Gasteiger partial charge in [-0.3, -0.25) is 4.79 Å². The first-order chi connectivity index (χ1) is 6.22. The van der Waals surface area contributed by atoms with E-state index in [1.807, 2.05) is 24.3 Å². The number of carboxylic acids is 1. The van der Waals surface area contributed by atoms with E-state index in [0.717, 1.165) is 10.5 Å². The highest BCUT2D eigenvalue weighted by atomic mass is 35.5. The van der Waals surface area contributed by atoms with E-state index in [-0.39, 0.29) is 5.75 Å². The number of halogens is 1. The van der Waals surface area contributed by atoms with Gasteiger partial charge in [-0.15, -0.1) is 23.4 Å². The summed E-state index contributed by atoms with van der Waals surface area (Å²) in [4.78, 5) is 11.2. The van der Waals surface area contributed by atoms with E-state index in [1.54, 1.807) is 0 Å². The summed E-state index contributed by atoms with van der Waals surface area (Å²) in [5.74, 6) is -0.212. The highest BCUT2D eigenvalue weighted by molar-refractivity contribution is 8.00. The number of thioether (sulfide) groups is 1. The molecule has 70 valence electrons. The van der Waals surface area contributed by atoms with E-state index < -0.39 is 5.97 Å². The van der Waals surface area contributed by atoms with Crippen molar-refractivity contribution in [3.05, 3.63) is 29.8 Å². The number of aliphatic carboxylic acids is 1. The fourth-order valence-corrected chi connectivity index (χ4v) is 1.62. The lowest BCUT2D eigenvalue weighted by Crippen LogP contribution is -1.97. The molecule has 0 aliphatic rings. The molecule has 4 heteroatoms. The Morgan fingerprint density at radius 2 is 2.00 bits per heavy atom. The van der Waals surface area contributed by atoms with Crippen LogP contribution in [0.4, 0.5) is 0 Å². The maximum Gasteiger partial charge on any atom is 0.313 e. The maximum atomic E-state index is 10.3. The molecule has 0 unspecified atom stereocenters. The van der Waals surface area contributed by atoms with Crippen molar-refractivity contribution < 1.29 is 9.90 Å². The molecule has 0 aliphatic carbocycles. The van der Waals surface area contributed by atoms with Gasteiger partial charge in [-0.05, 0) is 17.7 Å². The fourth-order valence-electron chi connectivity index (χ4n) is 0.820. The first-order valence-corrected chi connectivity index (χ1v) is 5.24. The molecule has 13 heavy (non-hydrogen) atoms. The summed E-state index contributed by atoms with van der Waals surface area (Å²) < 4.78 is 0. The predicted molar refractivity (Wildman–Crippen MR) is 54.4 cm³/mol. The molecule has 0 saturated carbocycles. The molecule has 0 fully saturated rings. The lowest BCUT2D eigenvalue weighted by Gasteiger charge is -1.99. The summed E-state index contributed by atoms with van der Waals surface area (Å²) in [6.07, 6.45) is 0. The largest absolute Gasteiger partial charge is 0.481 e. The zero-order valence-corrected chi connectivity index (χ0v) is 8.44. The van der Waals surface area contributed by atoms with Crippen LogP contribution in [0.3, 0.4) is 0 Å². The first-order valence-electron chi connectivity index (χ1n) is 3.72. The molecule has 0 heterocycles. The predicted octanol–water partition coefficient (Wildman–Crippen LogP) is 2.60. The Balaban J connectivity index is 2.54. The minimum atomic E-state index is -0.800. The van der Waals surface area contributed by atoms with Crippen LogP contribution in [0.25, 0.3) is 0 Å². The first kappa shape index (κ1) is 10.4. The van der Waals surface area contributed by atoms with E-state index in [9.17, 15) is 4.79 Å². The van der Waals surface area contributed by atoms with E-state index in [0.29, 0.717) is 5.88 Å². The Morgan fingerprint density at radius 3 is 2.46 bits per heavy atom. The van der Waals surface area contributed by atoms with Gasteiger partial charge in [-0.1, -0.05) is 12.1 Å². The van der Waals surface area contributed by atoms with Crippen LogP contribution in [0.5, 0.6) is 0 Å². The number of hydrogen-bond acceptors (Lipinski definition) is 2. The molecule has 0 aliphatic heterocycles. The molecular formula is C9H9ClO2S. The smallest absolute Gasteiger partial charge is 0.313 e. The highest BCUT2D eigenvalue weighted by Gasteiger charge is 1.99. The molecule has 0 atom stereocenters. The number of carbonyl (C=O) groups is 1. The third kappa shape index (κ3) is 3.70. The average Bonchev–Trinajstić information content (AvgIpc) is 2.15. The summed E-state index contributed by atoms with van der Waals surface area (Å²) >= 11 is 6.91. The van der Waals surface area contributed by atoms with Gasteiger partial charge in [0.2, 0.25) is 0 Å². The molecule has 0 radical (unpaired) electrons. The zero-order valence-electron chi connectivity index (χ0n) is 6.87. The van der Waals surface area contributed by atoms with Crippen LogP contribution in [-0.2, 0) is 10.7 Å². The number of alkyl halides is 1. The van der Waals surface area contributed by atoms with Gasteiger partial charge in [0.05, 0.1) is 5.75 Å². The Bertz CT molecular complexity index is 284. The van der Waals surface area contributed by atoms with Crippen LogP contribution >= 0.6 is 23.4 Å². The third-order valence-corrected chi connectivity index (χ3v) is 2.75. The molecule has 1 aromatic carbocycles. The molecule has 0 saturated heterocycles. The van der Waals surface area contributed by atoms with E-state index >= 15 is 0 Å². The van der Waals surface area contributed by atoms with Crippen LogP contribution in [0.1, 0.15) is 5.56 Å². The highest BCUT2D eigenvalue weighted by Crippen LogP contribution is 2.18. The van der Waals surface area contributed by atoms with Crippen LogP contribution in [0.15, 0.2) is 29.2 Å². The van der Waals surface area contributed by atoms with Crippen molar-refractivity contribution in [3.63, 3.8) is 0 Å². The van der Waals surface area contributed by atoms with Crippen molar-refractivity contribution in [1.82, 2.24) is 0 Å². The van der Waals surface area contributed by atoms with Crippen molar-refractivity contribution in [2.75, 3.05) is 5.75 Å². The van der Waals surface area contributed by atoms with Gasteiger partial charge >= 0.3 is 5.97 Å². The standard InChI is InChI=1S/C9H9ClO2S/c10-5-7-1-3-8(4-2-7)13-6-9(11)12/h1-4H,5-6H2,(H,11,12). The average molecular weight is 217 g/mol. The Labute approximate surface area is 85.9 Å². The quantitative estimate of drug-likeness (QED) is 0.621. The summed E-state index contributed by atoms with van der Waals surface area (Å²) in [5.41, 5.74) is 1.04. The summed E-state index contributed by atoms with van der Waals surface area (Å²) in [6.45, 7) is 0. The summed E-state index contributed by atoms with van der Waals surface area (Å²) in [6, 6.07) is 7.56. The van der Waals surface area contributed by atoms with E-state index in [2.05, 4.69) is 0 Å². The second kappa shape index (κ2) is 5.14. The number of rotatable bonds is 4. The molecule has 1 N–H and O–H groups in total. The van der Waals surface area contributed by atoms with Crippen molar-refractivity contribution in [2.45, 2.75) is 10.8 Å². The minimum Gasteiger partial charge on any atom is -0.481 e. The number of carboxylic acid groups (broad SMARTS) is 1. The third-order valence-electron chi connectivity index (χ3n) is 1.44. The van der Waals surface area contributed by atoms with E-state index in [4.69, 9.17) is 16.7 Å². The molecule has 1 rings (SSSR count). The van der Waals surface area contributed by atoms with Gasteiger partial charge in [0.15, 0.2) is 0 Å². The number of benzene rings is 1. The van der Waals surface area contributed by atoms with Gasteiger partial charge in [0, 0.05) is 10.8 Å². The molecule has 1 aromatic rings. The van der Waals surface area contributed by atoms with Crippen molar-refractivity contribution in [3.8, 4) is 0 Å². The van der Waals surface area contributed by atoms with Gasteiger partial charge in [0.1, 0.15) is 0 Å². The van der Waals surface area contributed by atoms with E-state index in [1.165, 1.54) is 11.8 Å². The molecular weight excluding hydrogens is 208 g/mol. The van der Waals surface area contributed by atoms with Crippen LogP contribution in [-0.4, -0.2) is 16.8 Å². The van der Waals surface area contributed by atoms with Gasteiger partial charge < -0.3 is 5.11 Å². The monoisotopic (exact) mass is 216 g/mol. The SMILES string of the molecule is O=C(O)CSc1ccc(CCl)cc1. The maximum absolute atomic E-state index is 10.3. The summed E-state index contributed by atoms with van der Waals surface area (Å²) in [5, 5.41) is 8.43. The van der Waals surface area contributed by atoms with Gasteiger partial charge in [-0.25, -0.2) is 0 Å². The summed E-state index contributed by atoms with van der Waals surface area (Å²) in [7, 11) is 0. The molecule has 0 aromatic heterocycles. The number of hydrogen-bond donors (Lipinski definition) is 1. The fraction of sp³-hybridized carbons (Fsp3) is 0.222. The molecule has 0 amide bonds. The lowest BCUT2D eigenvalue weighted by molar-refractivity contribution is -0.133. The van der Waals surface area contributed by atoms with Crippen molar-refractivity contribution >= 4 is 29.3 Å². The van der Waals surface area contributed by atoms with Gasteiger partial charge in [0.25, 0.3) is 0 Å². The topological polar surface area (TPSA) is 37.3 Å². The Hall–Kier alpha value is -0.670. The van der Waals surface area contributed by atoms with Crippen molar-refractivity contribution in [2.24, 2.45) is 0 Å². The Morgan fingerprint density at radius 1 is 1.38 bits per heavy atom. The second-order valence-corrected chi connectivity index (χ2v) is 3.78. The van der Waals surface area contributed by atoms with Crippen molar-refractivity contribution in [1.29, 1.82) is 0 Å². The zero-order chi connectivity index (χ0) is 9.68.